The van der Waals surface area contributed by atoms with Crippen molar-refractivity contribution in [3.8, 4) is 6.07 Å². The zero-order valence-electron chi connectivity index (χ0n) is 9.31. The number of benzene rings is 1. The highest BCUT2D eigenvalue weighted by molar-refractivity contribution is 5.31. The van der Waals surface area contributed by atoms with Crippen LogP contribution in [0.3, 0.4) is 0 Å². The summed E-state index contributed by atoms with van der Waals surface area (Å²) in [6.07, 6.45) is -0.483. The molecule has 1 unspecified atom stereocenters. The summed E-state index contributed by atoms with van der Waals surface area (Å²) < 4.78 is 4.81. The van der Waals surface area contributed by atoms with Crippen LogP contribution < -0.4 is 5.32 Å². The van der Waals surface area contributed by atoms with Crippen molar-refractivity contribution in [1.82, 2.24) is 5.32 Å². The Hall–Kier alpha value is -1.41. The number of aliphatic hydroxyl groups is 1. The van der Waals surface area contributed by atoms with E-state index in [0.717, 1.165) is 5.56 Å². The van der Waals surface area contributed by atoms with E-state index in [0.29, 0.717) is 25.3 Å². The van der Waals surface area contributed by atoms with Gasteiger partial charge in [0.25, 0.3) is 0 Å². The second kappa shape index (κ2) is 6.96. The molecule has 0 aliphatic carbocycles. The fourth-order valence-electron chi connectivity index (χ4n) is 1.33. The van der Waals surface area contributed by atoms with Gasteiger partial charge in [-0.3, -0.25) is 0 Å². The smallest absolute Gasteiger partial charge is 0.0991 e. The second-order valence-corrected chi connectivity index (χ2v) is 3.55. The molecule has 0 bridgehead atoms. The maximum absolute atomic E-state index is 9.38. The Balaban J connectivity index is 2.29. The van der Waals surface area contributed by atoms with Crippen molar-refractivity contribution in [3.05, 3.63) is 35.4 Å². The molecule has 0 aliphatic rings. The molecule has 1 rings (SSSR count). The highest BCUT2D eigenvalue weighted by atomic mass is 16.5. The molecular formula is C12H16N2O2. The molecule has 4 heteroatoms. The monoisotopic (exact) mass is 220 g/mol. The molecule has 0 heterocycles. The average Bonchev–Trinajstić information content (AvgIpc) is 2.30. The lowest BCUT2D eigenvalue weighted by Gasteiger charge is -2.10. The van der Waals surface area contributed by atoms with Gasteiger partial charge in [0.15, 0.2) is 0 Å². The van der Waals surface area contributed by atoms with E-state index in [1.54, 1.807) is 19.2 Å². The standard InChI is InChI=1S/C12H16N2O2/c1-16-9-12(15)8-14-7-11-4-2-10(6-13)3-5-11/h2-5,12,14-15H,7-9H2,1H3. The van der Waals surface area contributed by atoms with E-state index < -0.39 is 6.10 Å². The number of hydrogen-bond acceptors (Lipinski definition) is 4. The summed E-state index contributed by atoms with van der Waals surface area (Å²) in [5, 5.41) is 21.1. The maximum atomic E-state index is 9.38. The van der Waals surface area contributed by atoms with Crippen LogP contribution in [0.2, 0.25) is 0 Å². The van der Waals surface area contributed by atoms with Crippen LogP contribution in [0.5, 0.6) is 0 Å². The lowest BCUT2D eigenvalue weighted by Crippen LogP contribution is -2.29. The van der Waals surface area contributed by atoms with Crippen LogP contribution in [-0.4, -0.2) is 31.5 Å². The molecule has 16 heavy (non-hydrogen) atoms. The van der Waals surface area contributed by atoms with E-state index in [1.165, 1.54) is 0 Å². The summed E-state index contributed by atoms with van der Waals surface area (Å²) in [5.74, 6) is 0. The van der Waals surface area contributed by atoms with Crippen LogP contribution in [0.4, 0.5) is 0 Å². The molecule has 2 N–H and O–H groups in total. The number of nitrogens with zero attached hydrogens (tertiary/aromatic N) is 1. The number of ether oxygens (including phenoxy) is 1. The third-order valence-corrected chi connectivity index (χ3v) is 2.15. The van der Waals surface area contributed by atoms with Crippen molar-refractivity contribution in [2.45, 2.75) is 12.6 Å². The molecule has 0 radical (unpaired) electrons. The van der Waals surface area contributed by atoms with Gasteiger partial charge in [-0.05, 0) is 17.7 Å². The van der Waals surface area contributed by atoms with Gasteiger partial charge in [-0.25, -0.2) is 0 Å². The van der Waals surface area contributed by atoms with Crippen LogP contribution in [0, 0.1) is 11.3 Å². The molecule has 0 aliphatic heterocycles. The minimum atomic E-state index is -0.483. The van der Waals surface area contributed by atoms with Gasteiger partial charge in [-0.15, -0.1) is 0 Å². The van der Waals surface area contributed by atoms with Gasteiger partial charge in [0.05, 0.1) is 24.3 Å². The predicted octanol–water partition coefficient (Wildman–Crippen LogP) is 0.655. The SMILES string of the molecule is COCC(O)CNCc1ccc(C#N)cc1. The molecule has 1 aromatic carbocycles. The fourth-order valence-corrected chi connectivity index (χ4v) is 1.33. The van der Waals surface area contributed by atoms with Crippen LogP contribution in [0.25, 0.3) is 0 Å². The minimum Gasteiger partial charge on any atom is -0.389 e. The summed E-state index contributed by atoms with van der Waals surface area (Å²) in [6, 6.07) is 9.42. The quantitative estimate of drug-likeness (QED) is 0.739. The molecule has 1 aromatic rings. The Labute approximate surface area is 95.5 Å². The minimum absolute atomic E-state index is 0.334. The lowest BCUT2D eigenvalue weighted by atomic mass is 10.1. The molecule has 0 aromatic heterocycles. The number of aliphatic hydroxyl groups excluding tert-OH is 1. The predicted molar refractivity (Wildman–Crippen MR) is 60.7 cm³/mol. The van der Waals surface area contributed by atoms with Crippen molar-refractivity contribution in [1.29, 1.82) is 5.26 Å². The first-order valence-electron chi connectivity index (χ1n) is 5.13. The van der Waals surface area contributed by atoms with Crippen LogP contribution >= 0.6 is 0 Å². The Morgan fingerprint density at radius 1 is 1.44 bits per heavy atom. The van der Waals surface area contributed by atoms with E-state index in [1.807, 2.05) is 12.1 Å². The van der Waals surface area contributed by atoms with Gasteiger partial charge in [0.2, 0.25) is 0 Å². The first-order valence-corrected chi connectivity index (χ1v) is 5.13. The number of nitriles is 1. The van der Waals surface area contributed by atoms with Crippen molar-refractivity contribution in [2.24, 2.45) is 0 Å². The number of methoxy groups -OCH3 is 1. The van der Waals surface area contributed by atoms with Crippen LogP contribution in [-0.2, 0) is 11.3 Å². The van der Waals surface area contributed by atoms with Crippen molar-refractivity contribution in [3.63, 3.8) is 0 Å². The van der Waals surface area contributed by atoms with Crippen molar-refractivity contribution >= 4 is 0 Å². The largest absolute Gasteiger partial charge is 0.389 e. The molecule has 0 spiro atoms. The zero-order chi connectivity index (χ0) is 11.8. The van der Waals surface area contributed by atoms with Gasteiger partial charge in [0, 0.05) is 20.2 Å². The molecule has 0 amide bonds. The van der Waals surface area contributed by atoms with Crippen molar-refractivity contribution < 1.29 is 9.84 Å². The topological polar surface area (TPSA) is 65.3 Å². The number of hydrogen-bond donors (Lipinski definition) is 2. The Bertz CT molecular complexity index is 343. The summed E-state index contributed by atoms with van der Waals surface area (Å²) in [5.41, 5.74) is 1.74. The molecule has 0 fully saturated rings. The van der Waals surface area contributed by atoms with E-state index in [4.69, 9.17) is 10.00 Å². The molecule has 1 atom stereocenters. The van der Waals surface area contributed by atoms with E-state index in [2.05, 4.69) is 11.4 Å². The van der Waals surface area contributed by atoms with E-state index >= 15 is 0 Å². The van der Waals surface area contributed by atoms with Gasteiger partial charge in [-0.1, -0.05) is 12.1 Å². The Kier molecular flexibility index (Phi) is 5.51. The molecule has 0 saturated heterocycles. The average molecular weight is 220 g/mol. The zero-order valence-corrected chi connectivity index (χ0v) is 9.31. The maximum Gasteiger partial charge on any atom is 0.0991 e. The van der Waals surface area contributed by atoms with E-state index in [-0.39, 0.29) is 0 Å². The number of nitrogens with one attached hydrogen (secondary N) is 1. The molecular weight excluding hydrogens is 204 g/mol. The third-order valence-electron chi connectivity index (χ3n) is 2.15. The molecule has 4 nitrogen and oxygen atoms in total. The Morgan fingerprint density at radius 3 is 2.69 bits per heavy atom. The first kappa shape index (κ1) is 12.7. The summed E-state index contributed by atoms with van der Waals surface area (Å²) in [7, 11) is 1.56. The van der Waals surface area contributed by atoms with Gasteiger partial charge in [0.1, 0.15) is 0 Å². The van der Waals surface area contributed by atoms with Crippen LogP contribution in [0.1, 0.15) is 11.1 Å². The second-order valence-electron chi connectivity index (χ2n) is 3.55. The van der Waals surface area contributed by atoms with E-state index in [9.17, 15) is 5.11 Å². The highest BCUT2D eigenvalue weighted by Crippen LogP contribution is 2.02. The molecule has 86 valence electrons. The van der Waals surface area contributed by atoms with Crippen LogP contribution in [0.15, 0.2) is 24.3 Å². The first-order chi connectivity index (χ1) is 7.76. The summed E-state index contributed by atoms with van der Waals surface area (Å²) >= 11 is 0. The third kappa shape index (κ3) is 4.41. The van der Waals surface area contributed by atoms with Gasteiger partial charge >= 0.3 is 0 Å². The Morgan fingerprint density at radius 2 is 2.12 bits per heavy atom. The van der Waals surface area contributed by atoms with Gasteiger partial charge < -0.3 is 15.2 Å². The highest BCUT2D eigenvalue weighted by Gasteiger charge is 2.02. The molecule has 0 saturated carbocycles. The summed E-state index contributed by atoms with van der Waals surface area (Å²) in [6.45, 7) is 1.50. The van der Waals surface area contributed by atoms with Crippen molar-refractivity contribution in [2.75, 3.05) is 20.3 Å². The normalized spacial score (nSPS) is 12.1. The summed E-state index contributed by atoms with van der Waals surface area (Å²) in [4.78, 5) is 0. The van der Waals surface area contributed by atoms with Gasteiger partial charge in [-0.2, -0.15) is 5.26 Å². The lowest BCUT2D eigenvalue weighted by molar-refractivity contribution is 0.0644. The number of rotatable bonds is 6. The fraction of sp³-hybridized carbons (Fsp3) is 0.417.